The van der Waals surface area contributed by atoms with Crippen LogP contribution in [0.3, 0.4) is 0 Å². The van der Waals surface area contributed by atoms with Gasteiger partial charge in [-0.2, -0.15) is 0 Å². The van der Waals surface area contributed by atoms with Gasteiger partial charge in [0.25, 0.3) is 0 Å². The molecule has 0 aliphatic rings. The fourth-order valence-electron chi connectivity index (χ4n) is 7.70. The molecule has 0 atom stereocenters. The lowest BCUT2D eigenvalue weighted by molar-refractivity contribution is 0.669. The SMILES string of the molecule is c1ccc(-c2ccc(-c3ccc(N(c4ccccc4)c4ccc5c6ccccc6c6c(ccc7oc8ccccc8c76)c5c4)cc3)cc2)cc1. The number of hydrogen-bond donors (Lipinski definition) is 0. The normalized spacial score (nSPS) is 11.6. The summed E-state index contributed by atoms with van der Waals surface area (Å²) >= 11 is 0. The molecule has 0 unspecified atom stereocenters. The average Bonchev–Trinajstić information content (AvgIpc) is 3.58. The lowest BCUT2D eigenvalue weighted by Gasteiger charge is -2.26. The summed E-state index contributed by atoms with van der Waals surface area (Å²) in [5.74, 6) is 0. The van der Waals surface area contributed by atoms with Crippen molar-refractivity contribution in [1.82, 2.24) is 0 Å². The van der Waals surface area contributed by atoms with E-state index < -0.39 is 0 Å². The maximum absolute atomic E-state index is 6.36. The Kier molecular flexibility index (Phi) is 6.53. The Morgan fingerprint density at radius 2 is 0.760 bits per heavy atom. The molecule has 2 heteroatoms. The molecule has 50 heavy (non-hydrogen) atoms. The minimum Gasteiger partial charge on any atom is -0.456 e. The molecule has 0 amide bonds. The molecule has 1 heterocycles. The number of rotatable bonds is 5. The van der Waals surface area contributed by atoms with Crippen molar-refractivity contribution in [3.05, 3.63) is 188 Å². The summed E-state index contributed by atoms with van der Waals surface area (Å²) in [5, 5.41) is 9.73. The topological polar surface area (TPSA) is 16.4 Å². The van der Waals surface area contributed by atoms with Crippen LogP contribution in [0, 0.1) is 0 Å². The van der Waals surface area contributed by atoms with E-state index >= 15 is 0 Å². The Balaban J connectivity index is 1.14. The van der Waals surface area contributed by atoms with Crippen LogP contribution in [0.2, 0.25) is 0 Å². The van der Waals surface area contributed by atoms with E-state index in [0.717, 1.165) is 33.6 Å². The Labute approximate surface area is 290 Å². The quantitative estimate of drug-likeness (QED) is 0.175. The van der Waals surface area contributed by atoms with E-state index in [1.807, 2.05) is 6.07 Å². The van der Waals surface area contributed by atoms with Crippen LogP contribution in [-0.2, 0) is 0 Å². The highest BCUT2D eigenvalue weighted by Crippen LogP contribution is 2.45. The lowest BCUT2D eigenvalue weighted by Crippen LogP contribution is -2.09. The monoisotopic (exact) mass is 637 g/mol. The summed E-state index contributed by atoms with van der Waals surface area (Å²) in [6.45, 7) is 0. The third-order valence-corrected chi connectivity index (χ3v) is 10.0. The smallest absolute Gasteiger partial charge is 0.136 e. The summed E-state index contributed by atoms with van der Waals surface area (Å²) < 4.78 is 6.36. The largest absolute Gasteiger partial charge is 0.456 e. The van der Waals surface area contributed by atoms with Crippen LogP contribution in [0.25, 0.3) is 76.5 Å². The maximum atomic E-state index is 6.36. The van der Waals surface area contributed by atoms with Crippen LogP contribution in [0.15, 0.2) is 192 Å². The predicted molar refractivity (Wildman–Crippen MR) is 212 cm³/mol. The van der Waals surface area contributed by atoms with Crippen molar-refractivity contribution >= 4 is 71.3 Å². The van der Waals surface area contributed by atoms with Gasteiger partial charge in [0.15, 0.2) is 0 Å². The number of furan rings is 1. The molecule has 2 nitrogen and oxygen atoms in total. The number of benzene rings is 9. The van der Waals surface area contributed by atoms with Crippen LogP contribution in [-0.4, -0.2) is 0 Å². The number of nitrogens with zero attached hydrogens (tertiary/aromatic N) is 1. The molecule has 0 aliphatic carbocycles. The van der Waals surface area contributed by atoms with Crippen molar-refractivity contribution in [2.24, 2.45) is 0 Å². The van der Waals surface area contributed by atoms with Crippen LogP contribution >= 0.6 is 0 Å². The summed E-state index contributed by atoms with van der Waals surface area (Å²) in [7, 11) is 0. The highest BCUT2D eigenvalue weighted by molar-refractivity contribution is 6.34. The van der Waals surface area contributed by atoms with Crippen LogP contribution in [0.5, 0.6) is 0 Å². The van der Waals surface area contributed by atoms with Crippen LogP contribution in [0.1, 0.15) is 0 Å². The van der Waals surface area contributed by atoms with Gasteiger partial charge < -0.3 is 9.32 Å². The van der Waals surface area contributed by atoms with Crippen molar-refractivity contribution in [1.29, 1.82) is 0 Å². The Hall–Kier alpha value is -6.64. The zero-order valence-corrected chi connectivity index (χ0v) is 27.3. The van der Waals surface area contributed by atoms with Gasteiger partial charge in [0.2, 0.25) is 0 Å². The number of hydrogen-bond acceptors (Lipinski definition) is 2. The van der Waals surface area contributed by atoms with Crippen molar-refractivity contribution < 1.29 is 4.42 Å². The first-order valence-corrected chi connectivity index (χ1v) is 17.1. The highest BCUT2D eigenvalue weighted by atomic mass is 16.3. The second-order valence-electron chi connectivity index (χ2n) is 12.9. The van der Waals surface area contributed by atoms with E-state index in [1.54, 1.807) is 0 Å². The van der Waals surface area contributed by atoms with E-state index in [9.17, 15) is 0 Å². The van der Waals surface area contributed by atoms with Gasteiger partial charge in [-0.3, -0.25) is 0 Å². The number of para-hydroxylation sites is 2. The van der Waals surface area contributed by atoms with Crippen molar-refractivity contribution in [3.8, 4) is 22.3 Å². The average molecular weight is 638 g/mol. The van der Waals surface area contributed by atoms with Gasteiger partial charge in [-0.25, -0.2) is 0 Å². The van der Waals surface area contributed by atoms with Gasteiger partial charge in [0.05, 0.1) is 0 Å². The number of fused-ring (bicyclic) bond motifs is 10. The third-order valence-electron chi connectivity index (χ3n) is 10.0. The zero-order chi connectivity index (χ0) is 33.0. The van der Waals surface area contributed by atoms with Gasteiger partial charge in [-0.15, -0.1) is 0 Å². The molecule has 0 saturated carbocycles. The van der Waals surface area contributed by atoms with Crippen molar-refractivity contribution in [2.45, 2.75) is 0 Å². The van der Waals surface area contributed by atoms with E-state index in [2.05, 4.69) is 187 Å². The van der Waals surface area contributed by atoms with Gasteiger partial charge in [0, 0.05) is 33.2 Å². The zero-order valence-electron chi connectivity index (χ0n) is 27.3. The summed E-state index contributed by atoms with van der Waals surface area (Å²) in [5.41, 5.74) is 9.99. The molecular weight excluding hydrogens is 607 g/mol. The molecule has 0 radical (unpaired) electrons. The minimum absolute atomic E-state index is 0.916. The third kappa shape index (κ3) is 4.57. The van der Waals surface area contributed by atoms with E-state index in [4.69, 9.17) is 4.42 Å². The minimum atomic E-state index is 0.916. The second kappa shape index (κ2) is 11.5. The van der Waals surface area contributed by atoms with E-state index in [1.165, 1.54) is 60.0 Å². The molecule has 0 spiro atoms. The fourth-order valence-corrected chi connectivity index (χ4v) is 7.70. The van der Waals surface area contributed by atoms with Gasteiger partial charge in [-0.1, -0.05) is 133 Å². The van der Waals surface area contributed by atoms with Gasteiger partial charge >= 0.3 is 0 Å². The highest BCUT2D eigenvalue weighted by Gasteiger charge is 2.18. The maximum Gasteiger partial charge on any atom is 0.136 e. The summed E-state index contributed by atoms with van der Waals surface area (Å²) in [4.78, 5) is 2.36. The molecule has 0 saturated heterocycles. The number of anilines is 3. The Morgan fingerprint density at radius 1 is 0.280 bits per heavy atom. The van der Waals surface area contributed by atoms with E-state index in [-0.39, 0.29) is 0 Å². The first-order valence-electron chi connectivity index (χ1n) is 17.1. The van der Waals surface area contributed by atoms with Gasteiger partial charge in [0.1, 0.15) is 11.2 Å². The Morgan fingerprint density at radius 3 is 1.48 bits per heavy atom. The molecule has 10 rings (SSSR count). The van der Waals surface area contributed by atoms with Crippen molar-refractivity contribution in [3.63, 3.8) is 0 Å². The second-order valence-corrected chi connectivity index (χ2v) is 12.9. The summed E-state index contributed by atoms with van der Waals surface area (Å²) in [6.07, 6.45) is 0. The first kappa shape index (κ1) is 28.4. The van der Waals surface area contributed by atoms with Crippen LogP contribution in [0.4, 0.5) is 17.1 Å². The fraction of sp³-hybridized carbons (Fsp3) is 0. The lowest BCUT2D eigenvalue weighted by atomic mass is 9.91. The molecule has 10 aromatic rings. The first-order chi connectivity index (χ1) is 24.8. The Bertz CT molecular complexity index is 2830. The standard InChI is InChI=1S/C48H31NO/c1-3-11-32(12-4-1)33-19-21-34(22-20-33)35-23-25-37(26-24-35)49(36-13-5-2-6-14-36)38-27-28-40-39-15-7-8-16-41(39)47-42(44(40)31-38)29-30-46-48(47)43-17-9-10-18-45(43)50-46/h1-31H. The molecule has 0 N–H and O–H groups in total. The van der Waals surface area contributed by atoms with Crippen LogP contribution < -0.4 is 4.90 Å². The predicted octanol–water partition coefficient (Wildman–Crippen LogP) is 13.8. The molecular formula is C48H31NO. The molecule has 0 bridgehead atoms. The molecule has 1 aromatic heterocycles. The van der Waals surface area contributed by atoms with Gasteiger partial charge in [-0.05, 0) is 104 Å². The molecule has 0 aliphatic heterocycles. The molecule has 234 valence electrons. The molecule has 0 fully saturated rings. The molecule has 9 aromatic carbocycles. The van der Waals surface area contributed by atoms with Crippen molar-refractivity contribution in [2.75, 3.05) is 4.90 Å². The summed E-state index contributed by atoms with van der Waals surface area (Å²) in [6, 6.07) is 67.4. The van der Waals surface area contributed by atoms with E-state index in [0.29, 0.717) is 0 Å².